The van der Waals surface area contributed by atoms with Crippen LogP contribution < -0.4 is 4.74 Å². The standard InChI is InChI=1S/C22H33N3O2/c1-17(2)9-11-25-13-12-24(16-20(25)10-14-26)15-19-8-7-18-5-4-6-21(27-3)22(18)23-19/h4-8,17,20,26H,9-16H2,1-3H3. The van der Waals surface area contributed by atoms with E-state index in [4.69, 9.17) is 9.72 Å². The minimum Gasteiger partial charge on any atom is -0.494 e. The molecule has 1 unspecified atom stereocenters. The number of ether oxygens (including phenoxy) is 1. The van der Waals surface area contributed by atoms with E-state index in [1.165, 1.54) is 6.42 Å². The summed E-state index contributed by atoms with van der Waals surface area (Å²) in [6.45, 7) is 9.87. The van der Waals surface area contributed by atoms with Gasteiger partial charge in [-0.15, -0.1) is 0 Å². The number of hydrogen-bond acceptors (Lipinski definition) is 5. The van der Waals surface area contributed by atoms with Gasteiger partial charge in [0.25, 0.3) is 0 Å². The highest BCUT2D eigenvalue weighted by molar-refractivity contribution is 5.84. The summed E-state index contributed by atoms with van der Waals surface area (Å²) in [4.78, 5) is 9.89. The first kappa shape index (κ1) is 20.1. The Bertz CT molecular complexity index is 735. The number of hydrogen-bond donors (Lipinski definition) is 1. The SMILES string of the molecule is COc1cccc2ccc(CN3CCN(CCC(C)C)C(CCO)C3)nc12. The van der Waals surface area contributed by atoms with Gasteiger partial charge in [-0.25, -0.2) is 4.98 Å². The third-order valence-electron chi connectivity index (χ3n) is 5.49. The number of piperazine rings is 1. The Kier molecular flexibility index (Phi) is 7.05. The monoisotopic (exact) mass is 371 g/mol. The smallest absolute Gasteiger partial charge is 0.145 e. The third-order valence-corrected chi connectivity index (χ3v) is 5.49. The second kappa shape index (κ2) is 9.49. The van der Waals surface area contributed by atoms with Crippen molar-refractivity contribution in [1.82, 2.24) is 14.8 Å². The summed E-state index contributed by atoms with van der Waals surface area (Å²) in [5, 5.41) is 10.6. The molecular weight excluding hydrogens is 338 g/mol. The van der Waals surface area contributed by atoms with Crippen LogP contribution in [-0.2, 0) is 6.54 Å². The fourth-order valence-corrected chi connectivity index (χ4v) is 3.88. The zero-order valence-electron chi connectivity index (χ0n) is 16.9. The number of fused-ring (bicyclic) bond motifs is 1. The first-order valence-corrected chi connectivity index (χ1v) is 10.1. The van der Waals surface area contributed by atoms with E-state index < -0.39 is 0 Å². The van der Waals surface area contributed by atoms with Crippen molar-refractivity contribution >= 4 is 10.9 Å². The van der Waals surface area contributed by atoms with Crippen molar-refractivity contribution in [2.75, 3.05) is 39.9 Å². The van der Waals surface area contributed by atoms with E-state index in [0.717, 1.165) is 67.4 Å². The highest BCUT2D eigenvalue weighted by atomic mass is 16.5. The summed E-state index contributed by atoms with van der Waals surface area (Å²) in [6.07, 6.45) is 2.06. The van der Waals surface area contributed by atoms with Crippen molar-refractivity contribution in [1.29, 1.82) is 0 Å². The molecule has 0 bridgehead atoms. The van der Waals surface area contributed by atoms with Crippen LogP contribution in [0.5, 0.6) is 5.75 Å². The van der Waals surface area contributed by atoms with Crippen molar-refractivity contribution in [3.63, 3.8) is 0 Å². The van der Waals surface area contributed by atoms with E-state index in [-0.39, 0.29) is 6.61 Å². The van der Waals surface area contributed by atoms with Gasteiger partial charge in [-0.1, -0.05) is 32.0 Å². The Balaban J connectivity index is 1.68. The topological polar surface area (TPSA) is 48.8 Å². The molecular formula is C22H33N3O2. The maximum Gasteiger partial charge on any atom is 0.145 e. The molecule has 1 aromatic heterocycles. The Morgan fingerprint density at radius 3 is 2.81 bits per heavy atom. The molecule has 0 saturated carbocycles. The van der Waals surface area contributed by atoms with Gasteiger partial charge < -0.3 is 9.84 Å². The molecule has 1 fully saturated rings. The molecule has 1 aromatic carbocycles. The second-order valence-corrected chi connectivity index (χ2v) is 7.95. The fraction of sp³-hybridized carbons (Fsp3) is 0.591. The van der Waals surface area contributed by atoms with Gasteiger partial charge >= 0.3 is 0 Å². The summed E-state index contributed by atoms with van der Waals surface area (Å²) >= 11 is 0. The van der Waals surface area contributed by atoms with Crippen LogP contribution in [0.4, 0.5) is 0 Å². The number of para-hydroxylation sites is 1. The molecule has 1 aliphatic rings. The molecule has 0 aliphatic carbocycles. The summed E-state index contributed by atoms with van der Waals surface area (Å²) in [7, 11) is 1.69. The molecule has 3 rings (SSSR count). The van der Waals surface area contributed by atoms with Crippen LogP contribution in [-0.4, -0.2) is 65.8 Å². The van der Waals surface area contributed by atoms with Crippen LogP contribution in [0, 0.1) is 5.92 Å². The quantitative estimate of drug-likeness (QED) is 0.772. The average Bonchev–Trinajstić information content (AvgIpc) is 2.67. The number of aliphatic hydroxyl groups excluding tert-OH is 1. The number of aromatic nitrogens is 1. The van der Waals surface area contributed by atoms with Crippen molar-refractivity contribution in [3.05, 3.63) is 36.0 Å². The molecule has 0 radical (unpaired) electrons. The van der Waals surface area contributed by atoms with Gasteiger partial charge in [0.05, 0.1) is 12.8 Å². The van der Waals surface area contributed by atoms with Gasteiger partial charge in [-0.05, 0) is 37.4 Å². The van der Waals surface area contributed by atoms with Gasteiger partial charge in [0.2, 0.25) is 0 Å². The Morgan fingerprint density at radius 1 is 1.22 bits per heavy atom. The zero-order valence-corrected chi connectivity index (χ0v) is 16.9. The zero-order chi connectivity index (χ0) is 19.2. The van der Waals surface area contributed by atoms with E-state index in [9.17, 15) is 5.11 Å². The highest BCUT2D eigenvalue weighted by Gasteiger charge is 2.26. The lowest BCUT2D eigenvalue weighted by molar-refractivity contribution is 0.0518. The molecule has 27 heavy (non-hydrogen) atoms. The lowest BCUT2D eigenvalue weighted by Gasteiger charge is -2.41. The second-order valence-electron chi connectivity index (χ2n) is 7.95. The predicted molar refractivity (Wildman–Crippen MR) is 110 cm³/mol. The Hall–Kier alpha value is -1.69. The Labute approximate surface area is 162 Å². The van der Waals surface area contributed by atoms with E-state index in [1.807, 2.05) is 12.1 Å². The lowest BCUT2D eigenvalue weighted by atomic mass is 10.1. The molecule has 1 aliphatic heterocycles. The van der Waals surface area contributed by atoms with E-state index in [1.54, 1.807) is 7.11 Å². The van der Waals surface area contributed by atoms with Gasteiger partial charge in [-0.2, -0.15) is 0 Å². The van der Waals surface area contributed by atoms with Crippen LogP contribution in [0.15, 0.2) is 30.3 Å². The molecule has 5 nitrogen and oxygen atoms in total. The maximum absolute atomic E-state index is 9.49. The third kappa shape index (κ3) is 5.18. The number of aliphatic hydroxyl groups is 1. The van der Waals surface area contributed by atoms with Gasteiger partial charge in [0.15, 0.2) is 0 Å². The molecule has 2 heterocycles. The molecule has 2 aromatic rings. The summed E-state index contributed by atoms with van der Waals surface area (Å²) in [5.74, 6) is 1.54. The fourth-order valence-electron chi connectivity index (χ4n) is 3.88. The van der Waals surface area contributed by atoms with Gasteiger partial charge in [-0.3, -0.25) is 9.80 Å². The van der Waals surface area contributed by atoms with Crippen molar-refractivity contribution in [3.8, 4) is 5.75 Å². The van der Waals surface area contributed by atoms with Crippen LogP contribution in [0.25, 0.3) is 10.9 Å². The van der Waals surface area contributed by atoms with Crippen LogP contribution in [0.1, 0.15) is 32.4 Å². The number of benzene rings is 1. The summed E-state index contributed by atoms with van der Waals surface area (Å²) in [6, 6.07) is 10.7. The first-order valence-electron chi connectivity index (χ1n) is 10.1. The normalized spacial score (nSPS) is 19.1. The van der Waals surface area contributed by atoms with Crippen LogP contribution in [0.2, 0.25) is 0 Å². The molecule has 148 valence electrons. The first-order chi connectivity index (χ1) is 13.1. The maximum atomic E-state index is 9.49. The number of methoxy groups -OCH3 is 1. The summed E-state index contributed by atoms with van der Waals surface area (Å²) in [5.41, 5.74) is 2.00. The molecule has 1 atom stereocenters. The molecule has 5 heteroatoms. The molecule has 1 saturated heterocycles. The largest absolute Gasteiger partial charge is 0.494 e. The molecule has 0 amide bonds. The van der Waals surface area contributed by atoms with E-state index in [0.29, 0.717) is 6.04 Å². The number of rotatable bonds is 8. The highest BCUT2D eigenvalue weighted by Crippen LogP contribution is 2.24. The minimum atomic E-state index is 0.252. The van der Waals surface area contributed by atoms with E-state index >= 15 is 0 Å². The van der Waals surface area contributed by atoms with Gasteiger partial charge in [0.1, 0.15) is 11.3 Å². The van der Waals surface area contributed by atoms with Crippen LogP contribution >= 0.6 is 0 Å². The van der Waals surface area contributed by atoms with Crippen molar-refractivity contribution in [2.24, 2.45) is 5.92 Å². The predicted octanol–water partition coefficient (Wildman–Crippen LogP) is 3.16. The van der Waals surface area contributed by atoms with Crippen molar-refractivity contribution < 1.29 is 9.84 Å². The molecule has 1 N–H and O–H groups in total. The lowest BCUT2D eigenvalue weighted by Crippen LogP contribution is -2.53. The average molecular weight is 372 g/mol. The number of pyridine rings is 1. The van der Waals surface area contributed by atoms with Crippen molar-refractivity contribution in [2.45, 2.75) is 39.3 Å². The van der Waals surface area contributed by atoms with E-state index in [2.05, 4.69) is 41.8 Å². The minimum absolute atomic E-state index is 0.252. The Morgan fingerprint density at radius 2 is 2.07 bits per heavy atom. The van der Waals surface area contributed by atoms with Gasteiger partial charge in [0, 0.05) is 44.2 Å². The number of nitrogens with zero attached hydrogens (tertiary/aromatic N) is 3. The van der Waals surface area contributed by atoms with Crippen LogP contribution in [0.3, 0.4) is 0 Å². The molecule has 0 spiro atoms. The summed E-state index contributed by atoms with van der Waals surface area (Å²) < 4.78 is 5.47.